The van der Waals surface area contributed by atoms with Crippen molar-refractivity contribution in [3.63, 3.8) is 0 Å². The second kappa shape index (κ2) is 15.2. The number of aromatic nitrogens is 7. The Kier molecular flexibility index (Phi) is 10.2. The molecule has 2 amide bonds. The quantitative estimate of drug-likeness (QED) is 0.189. The highest BCUT2D eigenvalue weighted by atomic mass is 16.5. The number of urea groups is 1. The first-order valence-electron chi connectivity index (χ1n) is 16.2. The fourth-order valence-corrected chi connectivity index (χ4v) is 5.91. The van der Waals surface area contributed by atoms with Crippen molar-refractivity contribution in [3.05, 3.63) is 90.8 Å². The van der Waals surface area contributed by atoms with Gasteiger partial charge in [0.15, 0.2) is 0 Å². The van der Waals surface area contributed by atoms with Gasteiger partial charge in [-0.2, -0.15) is 15.5 Å². The zero-order valence-electron chi connectivity index (χ0n) is 27.4. The lowest BCUT2D eigenvalue weighted by Gasteiger charge is -2.36. The Morgan fingerprint density at radius 1 is 0.959 bits per heavy atom. The van der Waals surface area contributed by atoms with Crippen LogP contribution in [-0.4, -0.2) is 65.2 Å². The van der Waals surface area contributed by atoms with Gasteiger partial charge in [0.1, 0.15) is 18.4 Å². The van der Waals surface area contributed by atoms with Gasteiger partial charge in [0.25, 0.3) is 0 Å². The summed E-state index contributed by atoms with van der Waals surface area (Å²) in [7, 11) is 1.87. The molecule has 0 aliphatic heterocycles. The molecule has 5 aromatic rings. The van der Waals surface area contributed by atoms with E-state index in [4.69, 9.17) is 9.72 Å². The van der Waals surface area contributed by atoms with Gasteiger partial charge in [0, 0.05) is 61.0 Å². The van der Waals surface area contributed by atoms with Crippen molar-refractivity contribution < 1.29 is 14.3 Å². The van der Waals surface area contributed by atoms with Crippen LogP contribution in [0.5, 0.6) is 0 Å². The summed E-state index contributed by atoms with van der Waals surface area (Å²) in [5.74, 6) is 0.571. The van der Waals surface area contributed by atoms with E-state index >= 15 is 0 Å². The molecular formula is C35H37N11O3. The highest BCUT2D eigenvalue weighted by Gasteiger charge is 2.31. The van der Waals surface area contributed by atoms with Crippen molar-refractivity contribution in [2.45, 2.75) is 57.8 Å². The Morgan fingerprint density at radius 2 is 1.76 bits per heavy atom. The van der Waals surface area contributed by atoms with Gasteiger partial charge >= 0.3 is 12.0 Å². The van der Waals surface area contributed by atoms with E-state index in [1.165, 1.54) is 10.9 Å². The molecule has 0 saturated heterocycles. The molecule has 1 saturated carbocycles. The fourth-order valence-electron chi connectivity index (χ4n) is 5.91. The number of ether oxygens (including phenoxy) is 1. The molecule has 0 unspecified atom stereocenters. The average molecular weight is 660 g/mol. The Labute approximate surface area is 283 Å². The van der Waals surface area contributed by atoms with Crippen LogP contribution >= 0.6 is 0 Å². The topological polar surface area (TPSA) is 169 Å². The number of nitrogens with zero attached hydrogens (tertiary/aromatic N) is 9. The van der Waals surface area contributed by atoms with Gasteiger partial charge < -0.3 is 15.4 Å². The van der Waals surface area contributed by atoms with Gasteiger partial charge in [-0.1, -0.05) is 30.3 Å². The molecule has 14 nitrogen and oxygen atoms in total. The number of hydrogen-bond acceptors (Lipinski definition) is 10. The minimum Gasteiger partial charge on any atom is -0.465 e. The third kappa shape index (κ3) is 8.07. The van der Waals surface area contributed by atoms with Crippen LogP contribution in [0.4, 0.5) is 16.6 Å². The highest BCUT2D eigenvalue weighted by Crippen LogP contribution is 2.30. The van der Waals surface area contributed by atoms with Crippen molar-refractivity contribution in [2.75, 3.05) is 16.8 Å². The lowest BCUT2D eigenvalue weighted by molar-refractivity contribution is -0.144. The number of hydrogen-bond donors (Lipinski definition) is 2. The SMILES string of the molecule is CCOC(=O)Cn1cc(-c2nc(NC3CCC(N(C(=O)NCc4ccccc4)c4ccc(-c5cnn(C)c5)cn4)CC3)ncc2C#N)cn1. The normalized spacial score (nSPS) is 15.6. The van der Waals surface area contributed by atoms with E-state index in [9.17, 15) is 14.9 Å². The van der Waals surface area contributed by atoms with Crippen LogP contribution in [0.1, 0.15) is 43.7 Å². The maximum Gasteiger partial charge on any atom is 0.327 e. The monoisotopic (exact) mass is 659 g/mol. The van der Waals surface area contributed by atoms with Crippen molar-refractivity contribution in [3.8, 4) is 28.5 Å². The third-order valence-corrected chi connectivity index (χ3v) is 8.35. The van der Waals surface area contributed by atoms with Gasteiger partial charge in [-0.15, -0.1) is 0 Å². The van der Waals surface area contributed by atoms with E-state index in [-0.39, 0.29) is 31.3 Å². The zero-order valence-corrected chi connectivity index (χ0v) is 27.4. The Morgan fingerprint density at radius 3 is 2.45 bits per heavy atom. The largest absolute Gasteiger partial charge is 0.465 e. The molecule has 2 N–H and O–H groups in total. The minimum absolute atomic E-state index is 0.0410. The van der Waals surface area contributed by atoms with Crippen molar-refractivity contribution in [1.82, 2.24) is 39.8 Å². The second-order valence-corrected chi connectivity index (χ2v) is 11.8. The first-order valence-corrected chi connectivity index (χ1v) is 16.2. The molecule has 1 aliphatic rings. The number of anilines is 2. The van der Waals surface area contributed by atoms with Crippen LogP contribution in [0.2, 0.25) is 0 Å². The summed E-state index contributed by atoms with van der Waals surface area (Å²) < 4.78 is 8.20. The van der Waals surface area contributed by atoms with Gasteiger partial charge in [-0.3, -0.25) is 19.1 Å². The van der Waals surface area contributed by atoms with Gasteiger partial charge in [0.05, 0.1) is 36.5 Å². The van der Waals surface area contributed by atoms with Crippen LogP contribution in [0.3, 0.4) is 0 Å². The molecule has 14 heteroatoms. The van der Waals surface area contributed by atoms with Crippen molar-refractivity contribution in [1.29, 1.82) is 5.26 Å². The Hall–Kier alpha value is -6.10. The van der Waals surface area contributed by atoms with Gasteiger partial charge in [0.2, 0.25) is 5.95 Å². The summed E-state index contributed by atoms with van der Waals surface area (Å²) in [5.41, 5.74) is 4.19. The lowest BCUT2D eigenvalue weighted by atomic mass is 9.90. The number of nitrogens with one attached hydrogen (secondary N) is 2. The first-order chi connectivity index (χ1) is 23.9. The van der Waals surface area contributed by atoms with Crippen LogP contribution in [-0.2, 0) is 29.7 Å². The molecule has 0 spiro atoms. The minimum atomic E-state index is -0.400. The molecule has 0 atom stereocenters. The maximum absolute atomic E-state index is 13.7. The molecule has 49 heavy (non-hydrogen) atoms. The van der Waals surface area contributed by atoms with Gasteiger partial charge in [-0.05, 0) is 50.3 Å². The standard InChI is InChI=1S/C35H37N11O3/c1-3-49-32(47)23-45-22-28(20-41-45)33-26(15-36)18-38-34(43-33)42-29-10-12-30(13-11-29)46(35(48)39-16-24-7-5-4-6-8-24)31-14-9-25(17-37-31)27-19-40-44(2)21-27/h4-9,14,17-22,29-30H,3,10-13,16,23H2,1-2H3,(H,39,48)(H,38,42,43). The summed E-state index contributed by atoms with van der Waals surface area (Å²) >= 11 is 0. The van der Waals surface area contributed by atoms with Crippen LogP contribution in [0, 0.1) is 11.3 Å². The summed E-state index contributed by atoms with van der Waals surface area (Å²) in [6.07, 6.45) is 13.2. The fraction of sp³-hybridized carbons (Fsp3) is 0.314. The van der Waals surface area contributed by atoms with Crippen LogP contribution < -0.4 is 15.5 Å². The predicted molar refractivity (Wildman–Crippen MR) is 182 cm³/mol. The number of pyridine rings is 1. The van der Waals surface area contributed by atoms with Crippen LogP contribution in [0.15, 0.2) is 79.6 Å². The summed E-state index contributed by atoms with van der Waals surface area (Å²) in [5, 5.41) is 24.7. The van der Waals surface area contributed by atoms with E-state index in [1.54, 1.807) is 41.3 Å². The smallest absolute Gasteiger partial charge is 0.327 e. The Bertz CT molecular complexity index is 1920. The Balaban J connectivity index is 1.14. The summed E-state index contributed by atoms with van der Waals surface area (Å²) in [4.78, 5) is 41.2. The number of rotatable bonds is 11. The molecule has 1 aromatic carbocycles. The summed E-state index contributed by atoms with van der Waals surface area (Å²) in [6, 6.07) is 15.6. The van der Waals surface area contributed by atoms with Crippen molar-refractivity contribution in [2.24, 2.45) is 7.05 Å². The molecule has 0 radical (unpaired) electrons. The molecule has 0 bridgehead atoms. The molecule has 1 fully saturated rings. The van der Waals surface area contributed by atoms with E-state index in [0.29, 0.717) is 35.1 Å². The molecule has 1 aliphatic carbocycles. The van der Waals surface area contributed by atoms with E-state index in [1.807, 2.05) is 55.7 Å². The molecule has 4 aromatic heterocycles. The van der Waals surface area contributed by atoms with E-state index in [0.717, 1.165) is 42.4 Å². The maximum atomic E-state index is 13.7. The molecule has 6 rings (SSSR count). The third-order valence-electron chi connectivity index (χ3n) is 8.35. The van der Waals surface area contributed by atoms with E-state index in [2.05, 4.69) is 36.9 Å². The summed E-state index contributed by atoms with van der Waals surface area (Å²) in [6.45, 7) is 2.39. The number of carbonyl (C=O) groups is 2. The molecule has 250 valence electrons. The lowest BCUT2D eigenvalue weighted by Crippen LogP contribution is -2.49. The van der Waals surface area contributed by atoms with Gasteiger partial charge in [-0.25, -0.2) is 19.7 Å². The number of aryl methyl sites for hydroxylation is 1. The first kappa shape index (κ1) is 32.8. The number of nitriles is 1. The van der Waals surface area contributed by atoms with E-state index < -0.39 is 5.97 Å². The molecule has 4 heterocycles. The second-order valence-electron chi connectivity index (χ2n) is 11.8. The highest BCUT2D eigenvalue weighted by molar-refractivity contribution is 5.91. The zero-order chi connectivity index (χ0) is 34.2. The number of amides is 2. The predicted octanol–water partition coefficient (Wildman–Crippen LogP) is 4.71. The van der Waals surface area contributed by atoms with Crippen LogP contribution in [0.25, 0.3) is 22.4 Å². The number of esters is 1. The van der Waals surface area contributed by atoms with Crippen molar-refractivity contribution >= 4 is 23.8 Å². The number of benzene rings is 1. The molecular weight excluding hydrogens is 622 g/mol. The number of carbonyl (C=O) groups excluding carboxylic acids is 2. The average Bonchev–Trinajstić information content (AvgIpc) is 3.78.